The van der Waals surface area contributed by atoms with Crippen molar-refractivity contribution in [3.8, 4) is 5.88 Å². The van der Waals surface area contributed by atoms with E-state index in [1.807, 2.05) is 0 Å². The Balaban J connectivity index is 0.000000228. The summed E-state index contributed by atoms with van der Waals surface area (Å²) in [5.74, 6) is -2.64. The third kappa shape index (κ3) is 8.55. The number of esters is 2. The van der Waals surface area contributed by atoms with Crippen molar-refractivity contribution in [2.45, 2.75) is 33.5 Å². The third-order valence-corrected chi connectivity index (χ3v) is 5.29. The van der Waals surface area contributed by atoms with Crippen molar-refractivity contribution in [2.24, 2.45) is 0 Å². The molecule has 4 rings (SSSR count). The minimum Gasteiger partial charge on any atom is -0.461 e. The zero-order valence-electron chi connectivity index (χ0n) is 22.0. The standard InChI is InChI=1S/C14H13F3N2O3.C13H13FN2O3/c1-2-21-13(20)11-7-12(22-14(16)17)19(18-11)8-9-5-3-4-6-10(9)15;1-2-19-13(18)11-7-12(17)16(15-11)8-9-5-3-4-6-10(9)14/h3-7,14H,2,8H2,1H3;3-7,15H,2,8H2,1H3. The van der Waals surface area contributed by atoms with E-state index in [9.17, 15) is 31.9 Å². The van der Waals surface area contributed by atoms with Crippen LogP contribution in [0.2, 0.25) is 0 Å². The number of alkyl halides is 2. The number of halogens is 4. The Morgan fingerprint density at radius 3 is 2.00 bits per heavy atom. The van der Waals surface area contributed by atoms with Crippen molar-refractivity contribution < 1.29 is 41.4 Å². The van der Waals surface area contributed by atoms with Gasteiger partial charge in [0.05, 0.1) is 26.3 Å². The molecule has 0 aliphatic heterocycles. The zero-order valence-corrected chi connectivity index (χ0v) is 22.0. The van der Waals surface area contributed by atoms with Crippen molar-refractivity contribution in [3.63, 3.8) is 0 Å². The molecular weight excluding hydrogens is 552 g/mol. The lowest BCUT2D eigenvalue weighted by Gasteiger charge is -2.08. The number of carbonyl (C=O) groups excluding carboxylic acids is 2. The van der Waals surface area contributed by atoms with Gasteiger partial charge >= 0.3 is 18.6 Å². The van der Waals surface area contributed by atoms with Crippen molar-refractivity contribution in [1.29, 1.82) is 0 Å². The number of aromatic nitrogens is 4. The lowest BCUT2D eigenvalue weighted by atomic mass is 10.2. The Morgan fingerprint density at radius 1 is 0.878 bits per heavy atom. The van der Waals surface area contributed by atoms with Gasteiger partial charge in [-0.2, -0.15) is 13.9 Å². The summed E-state index contributed by atoms with van der Waals surface area (Å²) in [6.07, 6.45) is 0. The first kappa shape index (κ1) is 30.7. The van der Waals surface area contributed by atoms with E-state index < -0.39 is 35.7 Å². The quantitative estimate of drug-likeness (QED) is 0.219. The fourth-order valence-electron chi connectivity index (χ4n) is 3.45. The third-order valence-electron chi connectivity index (χ3n) is 5.29. The van der Waals surface area contributed by atoms with Gasteiger partial charge in [0, 0.05) is 23.3 Å². The number of ether oxygens (including phenoxy) is 3. The van der Waals surface area contributed by atoms with Crippen LogP contribution in [0.4, 0.5) is 17.6 Å². The smallest absolute Gasteiger partial charge is 0.388 e. The van der Waals surface area contributed by atoms with Crippen LogP contribution in [-0.4, -0.2) is 51.3 Å². The molecule has 0 amide bonds. The maximum absolute atomic E-state index is 13.6. The molecule has 0 bridgehead atoms. The van der Waals surface area contributed by atoms with Crippen LogP contribution < -0.4 is 10.3 Å². The van der Waals surface area contributed by atoms with Gasteiger partial charge in [0.15, 0.2) is 5.69 Å². The molecule has 0 aliphatic carbocycles. The summed E-state index contributed by atoms with van der Waals surface area (Å²) in [6.45, 7) is 0.394. The fraction of sp³-hybridized carbons (Fsp3) is 0.259. The molecule has 0 saturated carbocycles. The molecule has 0 unspecified atom stereocenters. The summed E-state index contributed by atoms with van der Waals surface area (Å²) in [7, 11) is 0. The number of aromatic amines is 1. The average molecular weight is 579 g/mol. The first-order valence-corrected chi connectivity index (χ1v) is 12.3. The monoisotopic (exact) mass is 578 g/mol. The summed E-state index contributed by atoms with van der Waals surface area (Å²) in [4.78, 5) is 34.7. The van der Waals surface area contributed by atoms with Crippen LogP contribution in [0.3, 0.4) is 0 Å². The number of hydrogen-bond acceptors (Lipinski definition) is 7. The first-order chi connectivity index (χ1) is 19.6. The highest BCUT2D eigenvalue weighted by Gasteiger charge is 2.19. The zero-order chi connectivity index (χ0) is 29.9. The number of nitrogens with zero attached hydrogens (tertiary/aromatic N) is 3. The van der Waals surface area contributed by atoms with E-state index in [0.29, 0.717) is 5.56 Å². The van der Waals surface area contributed by atoms with Gasteiger partial charge in [0.2, 0.25) is 5.88 Å². The largest absolute Gasteiger partial charge is 0.461 e. The highest BCUT2D eigenvalue weighted by atomic mass is 19.3. The maximum atomic E-state index is 13.6. The van der Waals surface area contributed by atoms with Crippen LogP contribution in [0.1, 0.15) is 46.0 Å². The Labute approximate surface area is 231 Å². The van der Waals surface area contributed by atoms with Crippen LogP contribution in [0.5, 0.6) is 5.88 Å². The molecule has 0 aliphatic rings. The SMILES string of the molecule is CCOC(=O)c1cc(=O)n(Cc2ccccc2F)[nH]1.CCOC(=O)c1cc(OC(F)F)n(Cc2ccccc2F)n1. The molecule has 2 aromatic carbocycles. The minimum atomic E-state index is -3.09. The Hall–Kier alpha value is -4.88. The highest BCUT2D eigenvalue weighted by Crippen LogP contribution is 2.20. The Bertz CT molecular complexity index is 1530. The number of H-pyrrole nitrogens is 1. The van der Waals surface area contributed by atoms with E-state index >= 15 is 0 Å². The highest BCUT2D eigenvalue weighted by molar-refractivity contribution is 5.87. The van der Waals surface area contributed by atoms with E-state index in [1.54, 1.807) is 38.1 Å². The van der Waals surface area contributed by atoms with Gasteiger partial charge < -0.3 is 14.2 Å². The second-order valence-corrected chi connectivity index (χ2v) is 8.12. The summed E-state index contributed by atoms with van der Waals surface area (Å²) in [6, 6.07) is 14.1. The molecule has 218 valence electrons. The molecule has 0 saturated heterocycles. The normalized spacial score (nSPS) is 10.6. The molecular formula is C27H26F4N4O6. The molecule has 0 spiro atoms. The van der Waals surface area contributed by atoms with Crippen LogP contribution in [0.25, 0.3) is 0 Å². The second-order valence-electron chi connectivity index (χ2n) is 8.12. The van der Waals surface area contributed by atoms with E-state index in [2.05, 4.69) is 14.9 Å². The van der Waals surface area contributed by atoms with E-state index in [-0.39, 0.29) is 49.1 Å². The van der Waals surface area contributed by atoms with Crippen LogP contribution in [-0.2, 0) is 22.6 Å². The molecule has 1 N–H and O–H groups in total. The molecule has 41 heavy (non-hydrogen) atoms. The second kappa shape index (κ2) is 14.5. The first-order valence-electron chi connectivity index (χ1n) is 12.3. The summed E-state index contributed by atoms with van der Waals surface area (Å²) in [5.41, 5.74) is 0.0466. The number of rotatable bonds is 10. The van der Waals surface area contributed by atoms with Gasteiger partial charge in [-0.25, -0.2) is 27.7 Å². The molecule has 0 radical (unpaired) electrons. The molecule has 14 heteroatoms. The number of benzene rings is 2. The van der Waals surface area contributed by atoms with Gasteiger partial charge in [0.25, 0.3) is 5.56 Å². The molecule has 10 nitrogen and oxygen atoms in total. The fourth-order valence-corrected chi connectivity index (χ4v) is 3.45. The van der Waals surface area contributed by atoms with Crippen LogP contribution >= 0.6 is 0 Å². The van der Waals surface area contributed by atoms with Gasteiger partial charge in [-0.1, -0.05) is 36.4 Å². The number of carbonyl (C=O) groups is 2. The Morgan fingerprint density at radius 2 is 1.44 bits per heavy atom. The summed E-state index contributed by atoms with van der Waals surface area (Å²) in [5, 5.41) is 6.44. The molecule has 4 aromatic rings. The molecule has 2 heterocycles. The summed E-state index contributed by atoms with van der Waals surface area (Å²) < 4.78 is 67.9. The lowest BCUT2D eigenvalue weighted by molar-refractivity contribution is -0.0556. The van der Waals surface area contributed by atoms with Crippen LogP contribution in [0, 0.1) is 11.6 Å². The topological polar surface area (TPSA) is 117 Å². The minimum absolute atomic E-state index is 0.0327. The molecule has 0 atom stereocenters. The van der Waals surface area contributed by atoms with Gasteiger partial charge in [0.1, 0.15) is 17.3 Å². The van der Waals surface area contributed by atoms with E-state index in [4.69, 9.17) is 9.47 Å². The Kier molecular flexibility index (Phi) is 10.8. The van der Waals surface area contributed by atoms with Gasteiger partial charge in [-0.15, -0.1) is 0 Å². The van der Waals surface area contributed by atoms with Crippen molar-refractivity contribution >= 4 is 11.9 Å². The molecule has 0 fully saturated rings. The van der Waals surface area contributed by atoms with Gasteiger partial charge in [-0.3, -0.25) is 9.89 Å². The van der Waals surface area contributed by atoms with Crippen molar-refractivity contribution in [2.75, 3.05) is 13.2 Å². The number of hydrogen-bond donors (Lipinski definition) is 1. The lowest BCUT2D eigenvalue weighted by Crippen LogP contribution is -2.17. The van der Waals surface area contributed by atoms with E-state index in [0.717, 1.165) is 21.5 Å². The maximum Gasteiger partial charge on any atom is 0.388 e. The average Bonchev–Trinajstić information content (AvgIpc) is 3.50. The van der Waals surface area contributed by atoms with Crippen molar-refractivity contribution in [3.05, 3.63) is 105 Å². The van der Waals surface area contributed by atoms with Crippen LogP contribution in [0.15, 0.2) is 65.5 Å². The van der Waals surface area contributed by atoms with Crippen molar-refractivity contribution in [1.82, 2.24) is 19.6 Å². The predicted octanol–water partition coefficient (Wildman–Crippen LogP) is 4.39. The van der Waals surface area contributed by atoms with Gasteiger partial charge in [-0.05, 0) is 26.0 Å². The molecule has 2 aromatic heterocycles. The van der Waals surface area contributed by atoms with E-state index in [1.165, 1.54) is 24.3 Å². The predicted molar refractivity (Wildman–Crippen MR) is 137 cm³/mol. The summed E-state index contributed by atoms with van der Waals surface area (Å²) >= 11 is 0. The number of nitrogens with one attached hydrogen (secondary N) is 1.